The molecule has 0 saturated carbocycles. The van der Waals surface area contributed by atoms with Crippen molar-refractivity contribution in [2.45, 2.75) is 71.1 Å². The topological polar surface area (TPSA) is 87.0 Å². The van der Waals surface area contributed by atoms with E-state index in [1.807, 2.05) is 0 Å². The Morgan fingerprint density at radius 3 is 1.76 bits per heavy atom. The fourth-order valence-electron chi connectivity index (χ4n) is 2.56. The van der Waals surface area contributed by atoms with Gasteiger partial charge in [-0.2, -0.15) is 0 Å². The third-order valence-corrected chi connectivity index (χ3v) is 4.04. The van der Waals surface area contributed by atoms with Crippen LogP contribution in [0.1, 0.15) is 81.5 Å². The van der Waals surface area contributed by atoms with Crippen LogP contribution in [-0.2, 0) is 4.74 Å². The summed E-state index contributed by atoms with van der Waals surface area (Å²) in [6.45, 7) is 2.54. The summed E-state index contributed by atoms with van der Waals surface area (Å²) >= 11 is 0. The van der Waals surface area contributed by atoms with E-state index in [1.165, 1.54) is 44.9 Å². The van der Waals surface area contributed by atoms with E-state index < -0.39 is 23.2 Å². The Morgan fingerprint density at radius 2 is 1.28 bits per heavy atom. The zero-order valence-corrected chi connectivity index (χ0v) is 14.6. The zero-order chi connectivity index (χ0) is 17.8. The van der Waals surface area contributed by atoms with E-state index >= 15 is 0 Å². The Kier molecular flexibility index (Phi) is 13.1. The van der Waals surface area contributed by atoms with E-state index in [0.717, 1.165) is 31.4 Å². The quantitative estimate of drug-likeness (QED) is 0.227. The number of esters is 1. The van der Waals surface area contributed by atoms with Gasteiger partial charge in [-0.1, -0.05) is 64.7 Å². The molecule has 0 aliphatic rings. The van der Waals surface area contributed by atoms with Gasteiger partial charge in [0.1, 0.15) is 0 Å². The van der Waals surface area contributed by atoms with Gasteiger partial charge in [0.05, 0.1) is 12.2 Å². The normalized spacial score (nSPS) is 10.3. The van der Waals surface area contributed by atoms with Gasteiger partial charge >= 0.3 is 5.97 Å². The molecule has 0 aliphatic heterocycles. The van der Waals surface area contributed by atoms with Crippen molar-refractivity contribution in [2.24, 2.45) is 0 Å². The SMILES string of the molecule is CCCCCCCCCCCCOC(=O)c1cc(O)c(O)c(O)c1.[AlH3]. The van der Waals surface area contributed by atoms with Crippen molar-refractivity contribution in [3.05, 3.63) is 17.7 Å². The standard InChI is InChI=1S/C19H30O5.Al.3H/c1-2-3-4-5-6-7-8-9-10-11-12-24-19(23)15-13-16(20)18(22)17(21)14-15;;;;/h13-14,20-22H,2-12H2,1H3;;;;. The second kappa shape index (κ2) is 13.9. The molecule has 0 radical (unpaired) electrons. The van der Waals surface area contributed by atoms with Gasteiger partial charge in [-0.3, -0.25) is 0 Å². The van der Waals surface area contributed by atoms with E-state index in [1.54, 1.807) is 0 Å². The number of phenolic OH excluding ortho intramolecular Hbond substituents is 3. The molecule has 25 heavy (non-hydrogen) atoms. The van der Waals surface area contributed by atoms with Gasteiger partial charge in [0.15, 0.2) is 34.6 Å². The number of hydrogen-bond acceptors (Lipinski definition) is 5. The number of carbonyl (C=O) groups is 1. The lowest BCUT2D eigenvalue weighted by Gasteiger charge is -2.07. The molecule has 6 heteroatoms. The summed E-state index contributed by atoms with van der Waals surface area (Å²) in [6, 6.07) is 2.16. The molecule has 0 fully saturated rings. The fourth-order valence-corrected chi connectivity index (χ4v) is 2.56. The highest BCUT2D eigenvalue weighted by molar-refractivity contribution is 5.91. The van der Waals surface area contributed by atoms with E-state index in [2.05, 4.69) is 6.92 Å². The number of hydrogen-bond donors (Lipinski definition) is 3. The number of ether oxygens (including phenoxy) is 1. The minimum absolute atomic E-state index is 0. The predicted octanol–water partition coefficient (Wildman–Crippen LogP) is 3.70. The van der Waals surface area contributed by atoms with Crippen molar-refractivity contribution >= 4 is 23.3 Å². The molecule has 0 aliphatic carbocycles. The summed E-state index contributed by atoms with van der Waals surface area (Å²) in [5.41, 5.74) is 0.0230. The number of aromatic hydroxyl groups is 3. The summed E-state index contributed by atoms with van der Waals surface area (Å²) in [5.74, 6) is -2.33. The number of benzene rings is 1. The van der Waals surface area contributed by atoms with Crippen molar-refractivity contribution in [3.63, 3.8) is 0 Å². The summed E-state index contributed by atoms with van der Waals surface area (Å²) in [5, 5.41) is 28.0. The average Bonchev–Trinajstić information content (AvgIpc) is 2.56. The smallest absolute Gasteiger partial charge is 0.338 e. The number of carbonyl (C=O) groups excluding carboxylic acids is 1. The molecule has 1 rings (SSSR count). The lowest BCUT2D eigenvalue weighted by Crippen LogP contribution is -2.06. The molecule has 142 valence electrons. The minimum atomic E-state index is -0.638. The zero-order valence-electron chi connectivity index (χ0n) is 14.6. The fraction of sp³-hybridized carbons (Fsp3) is 0.632. The van der Waals surface area contributed by atoms with Crippen LogP contribution in [0.4, 0.5) is 0 Å². The molecule has 5 nitrogen and oxygen atoms in total. The monoisotopic (exact) mass is 368 g/mol. The van der Waals surface area contributed by atoms with Crippen LogP contribution in [-0.4, -0.2) is 45.3 Å². The lowest BCUT2D eigenvalue weighted by atomic mass is 10.1. The second-order valence-corrected chi connectivity index (χ2v) is 6.18. The Balaban J connectivity index is 0.00000576. The Labute approximate surface area is 161 Å². The highest BCUT2D eigenvalue weighted by Gasteiger charge is 2.14. The molecule has 1 aromatic rings. The van der Waals surface area contributed by atoms with E-state index in [-0.39, 0.29) is 22.9 Å². The molecular weight excluding hydrogens is 335 g/mol. The van der Waals surface area contributed by atoms with Gasteiger partial charge in [0.2, 0.25) is 0 Å². The molecule has 0 atom stereocenters. The number of rotatable bonds is 12. The van der Waals surface area contributed by atoms with Gasteiger partial charge in [0.25, 0.3) is 0 Å². The molecule has 1 aromatic carbocycles. The van der Waals surface area contributed by atoms with Gasteiger partial charge in [0, 0.05) is 0 Å². The first kappa shape index (κ1) is 23.6. The van der Waals surface area contributed by atoms with Crippen molar-refractivity contribution < 1.29 is 24.9 Å². The van der Waals surface area contributed by atoms with Crippen LogP contribution in [0.3, 0.4) is 0 Å². The maximum atomic E-state index is 11.8. The van der Waals surface area contributed by atoms with Gasteiger partial charge in [-0.15, -0.1) is 0 Å². The summed E-state index contributed by atoms with van der Waals surface area (Å²) in [7, 11) is 0. The molecule has 0 spiro atoms. The van der Waals surface area contributed by atoms with Crippen LogP contribution in [0.5, 0.6) is 17.2 Å². The second-order valence-electron chi connectivity index (χ2n) is 6.18. The number of phenols is 3. The molecule has 3 N–H and O–H groups in total. The molecule has 0 unspecified atom stereocenters. The van der Waals surface area contributed by atoms with E-state index in [4.69, 9.17) is 4.74 Å². The van der Waals surface area contributed by atoms with Crippen LogP contribution < -0.4 is 0 Å². The molecule has 0 heterocycles. The highest BCUT2D eigenvalue weighted by atomic mass is 27.0. The first-order valence-electron chi connectivity index (χ1n) is 8.98. The largest absolute Gasteiger partial charge is 0.504 e. The van der Waals surface area contributed by atoms with Crippen LogP contribution in [0.25, 0.3) is 0 Å². The van der Waals surface area contributed by atoms with Crippen molar-refractivity contribution in [1.29, 1.82) is 0 Å². The third-order valence-electron chi connectivity index (χ3n) is 4.04. The molecule has 0 saturated heterocycles. The van der Waals surface area contributed by atoms with Crippen molar-refractivity contribution in [2.75, 3.05) is 6.61 Å². The maximum absolute atomic E-state index is 11.8. The van der Waals surface area contributed by atoms with Crippen LogP contribution >= 0.6 is 0 Å². The lowest BCUT2D eigenvalue weighted by molar-refractivity contribution is 0.0496. The van der Waals surface area contributed by atoms with Gasteiger partial charge < -0.3 is 20.1 Å². The summed E-state index contributed by atoms with van der Waals surface area (Å²) < 4.78 is 5.11. The Morgan fingerprint density at radius 1 is 0.840 bits per heavy atom. The molecule has 0 bridgehead atoms. The first-order valence-corrected chi connectivity index (χ1v) is 8.98. The third kappa shape index (κ3) is 9.62. The number of unbranched alkanes of at least 4 members (excludes halogenated alkanes) is 9. The molecule has 0 amide bonds. The predicted molar refractivity (Wildman–Crippen MR) is 104 cm³/mol. The molecular formula is C19H33AlO5. The van der Waals surface area contributed by atoms with Crippen molar-refractivity contribution in [3.8, 4) is 17.2 Å². The van der Waals surface area contributed by atoms with Gasteiger partial charge in [-0.05, 0) is 18.6 Å². The summed E-state index contributed by atoms with van der Waals surface area (Å²) in [4.78, 5) is 11.8. The summed E-state index contributed by atoms with van der Waals surface area (Å²) in [6.07, 6.45) is 12.1. The average molecular weight is 368 g/mol. The highest BCUT2D eigenvalue weighted by Crippen LogP contribution is 2.35. The maximum Gasteiger partial charge on any atom is 0.338 e. The minimum Gasteiger partial charge on any atom is -0.504 e. The molecule has 0 aromatic heterocycles. The van der Waals surface area contributed by atoms with Gasteiger partial charge in [-0.25, -0.2) is 4.79 Å². The Bertz CT molecular complexity index is 482. The van der Waals surface area contributed by atoms with E-state index in [9.17, 15) is 20.1 Å². The Hall–Kier alpha value is -1.38. The van der Waals surface area contributed by atoms with Crippen LogP contribution in [0.2, 0.25) is 0 Å². The van der Waals surface area contributed by atoms with E-state index in [0.29, 0.717) is 6.61 Å². The van der Waals surface area contributed by atoms with Crippen LogP contribution in [0.15, 0.2) is 12.1 Å². The van der Waals surface area contributed by atoms with Crippen LogP contribution in [0, 0.1) is 0 Å². The van der Waals surface area contributed by atoms with Crippen molar-refractivity contribution in [1.82, 2.24) is 0 Å². The first-order chi connectivity index (χ1) is 11.6.